The van der Waals surface area contributed by atoms with Gasteiger partial charge in [-0.1, -0.05) is 17.7 Å². The topological polar surface area (TPSA) is 52.2 Å². The summed E-state index contributed by atoms with van der Waals surface area (Å²) in [6.45, 7) is -0.0993. The summed E-state index contributed by atoms with van der Waals surface area (Å²) in [7, 11) is 0. The van der Waals surface area contributed by atoms with E-state index in [1.165, 1.54) is 35.1 Å². The van der Waals surface area contributed by atoms with Gasteiger partial charge < -0.3 is 0 Å². The van der Waals surface area contributed by atoms with Gasteiger partial charge in [-0.3, -0.25) is 4.79 Å². The average molecular weight is 373 g/mol. The van der Waals surface area contributed by atoms with Gasteiger partial charge in [0.2, 0.25) is 0 Å². The van der Waals surface area contributed by atoms with E-state index in [4.69, 9.17) is 11.6 Å². The minimum atomic E-state index is -0.508. The first-order chi connectivity index (χ1) is 12.5. The van der Waals surface area contributed by atoms with E-state index < -0.39 is 11.4 Å². The van der Waals surface area contributed by atoms with Crippen molar-refractivity contribution in [2.45, 2.75) is 6.54 Å². The maximum atomic E-state index is 14.0. The molecule has 0 spiro atoms. The molecule has 2 aromatic carbocycles. The zero-order valence-corrected chi connectivity index (χ0v) is 14.0. The van der Waals surface area contributed by atoms with Crippen LogP contribution in [0, 0.1) is 11.6 Å². The van der Waals surface area contributed by atoms with Crippen LogP contribution < -0.4 is 5.56 Å². The fraction of sp³-hybridized carbons (Fsp3) is 0.0556. The minimum Gasteiger partial charge on any atom is -0.265 e. The number of fused-ring (bicyclic) bond motifs is 1. The van der Waals surface area contributed by atoms with Crippen LogP contribution >= 0.6 is 11.6 Å². The Bertz CT molecular complexity index is 1150. The number of aromatic nitrogens is 4. The highest BCUT2D eigenvalue weighted by molar-refractivity contribution is 6.31. The maximum Gasteiger partial charge on any atom is 0.293 e. The largest absolute Gasteiger partial charge is 0.293 e. The van der Waals surface area contributed by atoms with Crippen molar-refractivity contribution in [3.05, 3.63) is 87.4 Å². The van der Waals surface area contributed by atoms with E-state index in [0.29, 0.717) is 11.3 Å². The van der Waals surface area contributed by atoms with Gasteiger partial charge in [0.25, 0.3) is 5.56 Å². The fourth-order valence-electron chi connectivity index (χ4n) is 2.65. The molecule has 130 valence electrons. The summed E-state index contributed by atoms with van der Waals surface area (Å²) in [6, 6.07) is 11.7. The van der Waals surface area contributed by atoms with Crippen LogP contribution in [0.4, 0.5) is 8.78 Å². The average Bonchev–Trinajstić information content (AvgIpc) is 3.06. The Morgan fingerprint density at radius 2 is 1.85 bits per heavy atom. The molecule has 2 aromatic heterocycles. The van der Waals surface area contributed by atoms with Crippen molar-refractivity contribution in [2.24, 2.45) is 0 Å². The normalized spacial score (nSPS) is 11.2. The SMILES string of the molecule is O=c1c2cc(-c3ccc(F)cc3)nn2cnn1Cc1c(F)cccc1Cl. The summed E-state index contributed by atoms with van der Waals surface area (Å²) in [5.74, 6) is -0.866. The van der Waals surface area contributed by atoms with Crippen molar-refractivity contribution in [1.82, 2.24) is 19.4 Å². The number of benzene rings is 2. The molecule has 0 aliphatic rings. The molecule has 26 heavy (non-hydrogen) atoms. The summed E-state index contributed by atoms with van der Waals surface area (Å²) in [4.78, 5) is 12.7. The zero-order chi connectivity index (χ0) is 18.3. The van der Waals surface area contributed by atoms with E-state index in [1.807, 2.05) is 0 Å². The smallest absolute Gasteiger partial charge is 0.265 e. The molecule has 0 saturated heterocycles. The number of nitrogens with zero attached hydrogens (tertiary/aromatic N) is 4. The van der Waals surface area contributed by atoms with Crippen LogP contribution in [0.15, 0.2) is 59.7 Å². The summed E-state index contributed by atoms with van der Waals surface area (Å²) in [5, 5.41) is 8.52. The highest BCUT2D eigenvalue weighted by Gasteiger charge is 2.13. The molecule has 0 saturated carbocycles. The van der Waals surface area contributed by atoms with Crippen LogP contribution in [-0.4, -0.2) is 19.4 Å². The Hall–Kier alpha value is -3.06. The van der Waals surface area contributed by atoms with Gasteiger partial charge in [0.1, 0.15) is 23.5 Å². The molecule has 0 unspecified atom stereocenters. The second kappa shape index (κ2) is 6.34. The first-order valence-electron chi connectivity index (χ1n) is 7.67. The molecule has 4 rings (SSSR count). The summed E-state index contributed by atoms with van der Waals surface area (Å²) >= 11 is 6.02. The third kappa shape index (κ3) is 2.86. The molecule has 5 nitrogen and oxygen atoms in total. The molecule has 2 heterocycles. The molecule has 0 aliphatic carbocycles. The molecule has 8 heteroatoms. The molecular formula is C18H11ClF2N4O. The number of halogens is 3. The lowest BCUT2D eigenvalue weighted by atomic mass is 10.1. The van der Waals surface area contributed by atoms with Gasteiger partial charge in [0.05, 0.1) is 12.2 Å². The van der Waals surface area contributed by atoms with Gasteiger partial charge in [-0.2, -0.15) is 10.2 Å². The predicted molar refractivity (Wildman–Crippen MR) is 93.2 cm³/mol. The van der Waals surface area contributed by atoms with Gasteiger partial charge in [-0.05, 0) is 42.5 Å². The Balaban J connectivity index is 1.78. The van der Waals surface area contributed by atoms with Gasteiger partial charge in [-0.25, -0.2) is 18.0 Å². The Labute approximate surface area is 151 Å². The standard InChI is InChI=1S/C18H11ClF2N4O/c19-14-2-1-3-15(21)13(14)9-24-18(26)17-8-16(23-25(17)10-22-24)11-4-6-12(20)7-5-11/h1-8,10H,9H2. The minimum absolute atomic E-state index is 0.0993. The number of rotatable bonds is 3. The van der Waals surface area contributed by atoms with E-state index >= 15 is 0 Å². The highest BCUT2D eigenvalue weighted by Crippen LogP contribution is 2.20. The lowest BCUT2D eigenvalue weighted by Crippen LogP contribution is -2.25. The molecule has 0 bridgehead atoms. The molecular weight excluding hydrogens is 362 g/mol. The summed E-state index contributed by atoms with van der Waals surface area (Å²) in [5.41, 5.74) is 1.19. The quantitative estimate of drug-likeness (QED) is 0.552. The Morgan fingerprint density at radius 1 is 1.08 bits per heavy atom. The summed E-state index contributed by atoms with van der Waals surface area (Å²) < 4.78 is 29.5. The van der Waals surface area contributed by atoms with E-state index in [2.05, 4.69) is 10.2 Å². The van der Waals surface area contributed by atoms with Crippen molar-refractivity contribution in [2.75, 3.05) is 0 Å². The Kier molecular flexibility index (Phi) is 4.00. The maximum absolute atomic E-state index is 14.0. The predicted octanol–water partition coefficient (Wildman–Crippen LogP) is 3.54. The van der Waals surface area contributed by atoms with Crippen LogP contribution in [0.2, 0.25) is 5.02 Å². The second-order valence-corrected chi connectivity index (χ2v) is 6.07. The molecule has 0 radical (unpaired) electrons. The third-order valence-electron chi connectivity index (χ3n) is 4.00. The van der Waals surface area contributed by atoms with Crippen LogP contribution in [0.1, 0.15) is 5.56 Å². The molecule has 0 aliphatic heterocycles. The van der Waals surface area contributed by atoms with Crippen molar-refractivity contribution in [1.29, 1.82) is 0 Å². The van der Waals surface area contributed by atoms with Crippen molar-refractivity contribution >= 4 is 17.1 Å². The van der Waals surface area contributed by atoms with Crippen molar-refractivity contribution < 1.29 is 8.78 Å². The molecule has 0 atom stereocenters. The van der Waals surface area contributed by atoms with Gasteiger partial charge in [-0.15, -0.1) is 0 Å². The van der Waals surface area contributed by atoms with Gasteiger partial charge >= 0.3 is 0 Å². The molecule has 4 aromatic rings. The monoisotopic (exact) mass is 372 g/mol. The van der Waals surface area contributed by atoms with E-state index in [-0.39, 0.29) is 28.5 Å². The van der Waals surface area contributed by atoms with Gasteiger partial charge in [0, 0.05) is 16.1 Å². The van der Waals surface area contributed by atoms with Crippen LogP contribution in [0.5, 0.6) is 0 Å². The van der Waals surface area contributed by atoms with Crippen LogP contribution in [0.25, 0.3) is 16.8 Å². The van der Waals surface area contributed by atoms with E-state index in [0.717, 1.165) is 4.68 Å². The van der Waals surface area contributed by atoms with Crippen LogP contribution in [-0.2, 0) is 6.54 Å². The van der Waals surface area contributed by atoms with Crippen molar-refractivity contribution in [3.8, 4) is 11.3 Å². The number of hydrogen-bond donors (Lipinski definition) is 0. The lowest BCUT2D eigenvalue weighted by Gasteiger charge is -2.07. The molecule has 0 N–H and O–H groups in total. The van der Waals surface area contributed by atoms with E-state index in [9.17, 15) is 13.6 Å². The molecule has 0 fully saturated rings. The van der Waals surface area contributed by atoms with Crippen LogP contribution in [0.3, 0.4) is 0 Å². The zero-order valence-electron chi connectivity index (χ0n) is 13.2. The summed E-state index contributed by atoms with van der Waals surface area (Å²) in [6.07, 6.45) is 1.36. The lowest BCUT2D eigenvalue weighted by molar-refractivity contribution is 0.566. The second-order valence-electron chi connectivity index (χ2n) is 5.66. The highest BCUT2D eigenvalue weighted by atomic mass is 35.5. The number of hydrogen-bond acceptors (Lipinski definition) is 3. The third-order valence-corrected chi connectivity index (χ3v) is 4.35. The first kappa shape index (κ1) is 16.4. The fourth-order valence-corrected chi connectivity index (χ4v) is 2.87. The van der Waals surface area contributed by atoms with Gasteiger partial charge in [0.15, 0.2) is 0 Å². The first-order valence-corrected chi connectivity index (χ1v) is 8.05. The van der Waals surface area contributed by atoms with Crippen molar-refractivity contribution in [3.63, 3.8) is 0 Å². The Morgan fingerprint density at radius 3 is 2.58 bits per heavy atom. The van der Waals surface area contributed by atoms with E-state index in [1.54, 1.807) is 24.3 Å². The molecule has 0 amide bonds.